The Morgan fingerprint density at radius 2 is 2.07 bits per heavy atom. The van der Waals surface area contributed by atoms with E-state index in [0.29, 0.717) is 23.6 Å². The van der Waals surface area contributed by atoms with Crippen LogP contribution in [-0.4, -0.2) is 71.3 Å². The number of thioether (sulfide) groups is 1. The average molecular weight is 409 g/mol. The molecule has 28 heavy (non-hydrogen) atoms. The Bertz CT molecular complexity index is 727. The second-order valence-electron chi connectivity index (χ2n) is 8.34. The summed E-state index contributed by atoms with van der Waals surface area (Å²) in [6.07, 6.45) is 3.31. The number of carbonyl (C=O) groups excluding carboxylic acids is 2. The van der Waals surface area contributed by atoms with Gasteiger partial charge in [0.2, 0.25) is 11.8 Å². The number of fused-ring (bicyclic) bond motifs is 1. The summed E-state index contributed by atoms with van der Waals surface area (Å²) in [5.41, 5.74) is 0.204. The predicted octanol–water partition coefficient (Wildman–Crippen LogP) is 0.111. The Morgan fingerprint density at radius 3 is 2.75 bits per heavy atom. The summed E-state index contributed by atoms with van der Waals surface area (Å²) in [5.74, 6) is -0.447. The number of carboxylic acids is 1. The number of carboxylic acid groups (broad SMARTS) is 1. The third-order valence-corrected chi connectivity index (χ3v) is 8.04. The van der Waals surface area contributed by atoms with Gasteiger partial charge in [-0.25, -0.2) is 4.79 Å². The van der Waals surface area contributed by atoms with E-state index in [4.69, 9.17) is 0 Å². The van der Waals surface area contributed by atoms with Crippen LogP contribution in [0.1, 0.15) is 32.6 Å². The Labute approximate surface area is 168 Å². The van der Waals surface area contributed by atoms with E-state index in [1.54, 1.807) is 18.8 Å². The molecule has 0 aromatic carbocycles. The first-order chi connectivity index (χ1) is 13.4. The Kier molecular flexibility index (Phi) is 5.41. The number of aliphatic carboxylic acids is 1. The third kappa shape index (κ3) is 3.44. The smallest absolute Gasteiger partial charge is 0.353 e. The van der Waals surface area contributed by atoms with E-state index in [9.17, 15) is 19.5 Å². The molecule has 3 fully saturated rings. The van der Waals surface area contributed by atoms with Crippen LogP contribution in [0.25, 0.3) is 0 Å². The Hall–Kier alpha value is -1.58. The molecule has 4 rings (SSSR count). The van der Waals surface area contributed by atoms with Crippen molar-refractivity contribution in [3.8, 4) is 0 Å². The van der Waals surface area contributed by atoms with Crippen molar-refractivity contribution in [1.29, 1.82) is 0 Å². The summed E-state index contributed by atoms with van der Waals surface area (Å²) in [6, 6.07) is 0.320. The lowest BCUT2D eigenvalue weighted by Gasteiger charge is -2.37. The molecule has 2 amide bonds. The van der Waals surface area contributed by atoms with Crippen molar-refractivity contribution in [2.24, 2.45) is 11.8 Å². The second-order valence-corrected chi connectivity index (χ2v) is 9.68. The van der Waals surface area contributed by atoms with Gasteiger partial charge in [0.15, 0.2) is 0 Å². The third-order valence-electron chi connectivity index (χ3n) is 6.53. The highest BCUT2D eigenvalue weighted by Gasteiger charge is 2.52. The molecule has 0 aliphatic carbocycles. The maximum atomic E-state index is 11.9. The minimum atomic E-state index is -0.996. The molecule has 8 nitrogen and oxygen atoms in total. The van der Waals surface area contributed by atoms with Crippen LogP contribution in [0.3, 0.4) is 0 Å². The molecule has 154 valence electrons. The summed E-state index contributed by atoms with van der Waals surface area (Å²) in [6.45, 7) is 3.74. The molecule has 3 saturated heterocycles. The van der Waals surface area contributed by atoms with Gasteiger partial charge in [0.1, 0.15) is 5.70 Å². The maximum Gasteiger partial charge on any atom is 0.353 e. The van der Waals surface area contributed by atoms with Crippen LogP contribution >= 0.6 is 11.8 Å². The van der Waals surface area contributed by atoms with Gasteiger partial charge in [0.05, 0.1) is 12.1 Å². The molecule has 9 heteroatoms. The summed E-state index contributed by atoms with van der Waals surface area (Å²) in [5, 5.41) is 19.5. The molecule has 4 aliphatic rings. The van der Waals surface area contributed by atoms with Gasteiger partial charge in [-0.2, -0.15) is 0 Å². The maximum absolute atomic E-state index is 11.9. The van der Waals surface area contributed by atoms with Gasteiger partial charge >= 0.3 is 5.97 Å². The molecule has 4 heterocycles. The molecule has 0 aromatic heterocycles. The first-order valence-electron chi connectivity index (χ1n) is 10.0. The normalized spacial score (nSPS) is 37.2. The Balaban J connectivity index is 1.34. The topological polar surface area (TPSA) is 111 Å². The van der Waals surface area contributed by atoms with Crippen molar-refractivity contribution in [3.63, 3.8) is 0 Å². The highest BCUT2D eigenvalue weighted by atomic mass is 32.2. The predicted molar refractivity (Wildman–Crippen MR) is 105 cm³/mol. The number of amides is 2. The summed E-state index contributed by atoms with van der Waals surface area (Å²) >= 11 is 1.64. The van der Waals surface area contributed by atoms with E-state index in [1.807, 2.05) is 6.92 Å². The van der Waals surface area contributed by atoms with E-state index in [0.717, 1.165) is 37.3 Å². The van der Waals surface area contributed by atoms with E-state index in [1.165, 1.54) is 4.90 Å². The van der Waals surface area contributed by atoms with Gasteiger partial charge < -0.3 is 26.0 Å². The molecule has 0 spiro atoms. The van der Waals surface area contributed by atoms with Gasteiger partial charge in [-0.05, 0) is 31.7 Å². The molecular weight excluding hydrogens is 380 g/mol. The molecule has 4 aliphatic heterocycles. The van der Waals surface area contributed by atoms with Crippen LogP contribution in [-0.2, 0) is 14.4 Å². The molecular formula is C19H28N4O4S. The fourth-order valence-corrected chi connectivity index (χ4v) is 6.54. The quantitative estimate of drug-likeness (QED) is 0.462. The lowest BCUT2D eigenvalue weighted by Crippen LogP contribution is -2.51. The first kappa shape index (κ1) is 19.7. The highest BCUT2D eigenvalue weighted by molar-refractivity contribution is 8.03. The van der Waals surface area contributed by atoms with E-state index in [-0.39, 0.29) is 35.5 Å². The van der Waals surface area contributed by atoms with Gasteiger partial charge in [-0.15, -0.1) is 11.8 Å². The number of nitrogens with zero attached hydrogens (tertiary/aromatic N) is 1. The summed E-state index contributed by atoms with van der Waals surface area (Å²) < 4.78 is 0. The van der Waals surface area contributed by atoms with E-state index >= 15 is 0 Å². The SMILES string of the molecule is CNC(=O)C1CC(CC2CC(SC3=C(C(=O)O)N4C(=O)CC4C3C)CN2)CN1. The molecule has 0 radical (unpaired) electrons. The monoisotopic (exact) mass is 408 g/mol. The number of hydrogen-bond donors (Lipinski definition) is 4. The van der Waals surface area contributed by atoms with Gasteiger partial charge in [-0.1, -0.05) is 6.92 Å². The van der Waals surface area contributed by atoms with Gasteiger partial charge in [-0.3, -0.25) is 9.59 Å². The van der Waals surface area contributed by atoms with Crippen LogP contribution in [0, 0.1) is 11.8 Å². The number of nitrogens with one attached hydrogen (secondary N) is 3. The zero-order valence-corrected chi connectivity index (χ0v) is 17.1. The average Bonchev–Trinajstić information content (AvgIpc) is 3.35. The Morgan fingerprint density at radius 1 is 1.29 bits per heavy atom. The highest BCUT2D eigenvalue weighted by Crippen LogP contribution is 2.48. The van der Waals surface area contributed by atoms with Crippen molar-refractivity contribution in [2.45, 2.75) is 56.0 Å². The zero-order valence-electron chi connectivity index (χ0n) is 16.2. The van der Waals surface area contributed by atoms with Crippen molar-refractivity contribution < 1.29 is 19.5 Å². The molecule has 0 bridgehead atoms. The van der Waals surface area contributed by atoms with Crippen molar-refractivity contribution in [2.75, 3.05) is 20.1 Å². The molecule has 0 aromatic rings. The standard InChI is InChI=1S/C19H28N4O4S/c1-9-14-6-15(24)23(14)16(19(26)27)17(9)28-12-5-11(21-8-12)3-10-4-13(22-7-10)18(25)20-2/h9-14,21-22H,3-8H2,1-2H3,(H,20,25)(H,26,27). The summed E-state index contributed by atoms with van der Waals surface area (Å²) in [7, 11) is 1.66. The molecule has 6 atom stereocenters. The van der Waals surface area contributed by atoms with Gasteiger partial charge in [0, 0.05) is 42.1 Å². The van der Waals surface area contributed by atoms with Gasteiger partial charge in [0.25, 0.3) is 0 Å². The lowest BCUT2D eigenvalue weighted by molar-refractivity contribution is -0.148. The lowest BCUT2D eigenvalue weighted by atomic mass is 9.94. The number of hydrogen-bond acceptors (Lipinski definition) is 6. The molecule has 6 unspecified atom stereocenters. The fourth-order valence-electron chi connectivity index (χ4n) is 5.01. The number of carbonyl (C=O) groups is 3. The van der Waals surface area contributed by atoms with Crippen LogP contribution in [0.2, 0.25) is 0 Å². The van der Waals surface area contributed by atoms with Crippen LogP contribution in [0.4, 0.5) is 0 Å². The van der Waals surface area contributed by atoms with Crippen molar-refractivity contribution in [3.05, 3.63) is 10.6 Å². The van der Waals surface area contributed by atoms with E-state index in [2.05, 4.69) is 16.0 Å². The summed E-state index contributed by atoms with van der Waals surface area (Å²) in [4.78, 5) is 37.7. The molecule has 0 saturated carbocycles. The van der Waals surface area contributed by atoms with Crippen molar-refractivity contribution in [1.82, 2.24) is 20.9 Å². The van der Waals surface area contributed by atoms with E-state index < -0.39 is 5.97 Å². The van der Waals surface area contributed by atoms with Crippen LogP contribution in [0.15, 0.2) is 10.6 Å². The number of rotatable bonds is 6. The fraction of sp³-hybridized carbons (Fsp3) is 0.737. The minimum absolute atomic E-state index is 0.0254. The zero-order chi connectivity index (χ0) is 20.0. The molecule has 4 N–H and O–H groups in total. The largest absolute Gasteiger partial charge is 0.477 e. The first-order valence-corrected chi connectivity index (χ1v) is 10.9. The van der Waals surface area contributed by atoms with Crippen LogP contribution < -0.4 is 16.0 Å². The minimum Gasteiger partial charge on any atom is -0.477 e. The number of β-lactam (4-membered cyclic amide) rings is 1. The van der Waals surface area contributed by atoms with Crippen molar-refractivity contribution >= 4 is 29.5 Å². The van der Waals surface area contributed by atoms with Crippen LogP contribution in [0.5, 0.6) is 0 Å². The number of likely N-dealkylation sites (N-methyl/N-ethyl adjacent to an activating group) is 1. The second kappa shape index (κ2) is 7.68.